The zero-order chi connectivity index (χ0) is 25.8. The first-order valence-corrected chi connectivity index (χ1v) is 11.8. The molecule has 0 saturated carbocycles. The molecule has 0 aliphatic heterocycles. The molecule has 0 heterocycles. The number of Topliss-reactive ketones (excluding diaryl/α,β-unsaturated/α-hetero) is 2. The molecular weight excluding hydrogens is 569 g/mol. The Hall–Kier alpha value is -2.95. The Balaban J connectivity index is 2.05. The molecule has 4 aliphatic carbocycles. The molecule has 0 aromatic rings. The molecule has 5 N–H and O–H groups in total. The summed E-state index contributed by atoms with van der Waals surface area (Å²) in [5, 5.41) is 42.9. The van der Waals surface area contributed by atoms with Gasteiger partial charge in [0.25, 0.3) is 5.91 Å². The number of halogens is 1. The number of carbonyl (C=O) groups is 3. The highest BCUT2D eigenvalue weighted by Gasteiger charge is 2.64. The van der Waals surface area contributed by atoms with Gasteiger partial charge in [-0.1, -0.05) is 0 Å². The Labute approximate surface area is 215 Å². The van der Waals surface area contributed by atoms with Crippen molar-refractivity contribution < 1.29 is 32.8 Å². The van der Waals surface area contributed by atoms with Crippen LogP contribution in [0.15, 0.2) is 57.3 Å². The molecule has 11 heteroatoms. The largest absolute Gasteiger partial charge is 0.508 e. The van der Waals surface area contributed by atoms with E-state index < -0.39 is 58.0 Å². The predicted molar refractivity (Wildman–Crippen MR) is 131 cm³/mol. The highest BCUT2D eigenvalue weighted by molar-refractivity contribution is 14.1. The molecule has 3 unspecified atom stereocenters. The van der Waals surface area contributed by atoms with E-state index in [2.05, 4.69) is 0 Å². The number of nitrogens with zero attached hydrogens (tertiary/aromatic N) is 2. The lowest BCUT2D eigenvalue weighted by Crippen LogP contribution is -2.62. The van der Waals surface area contributed by atoms with Crippen LogP contribution in [0, 0.1) is 23.2 Å². The fourth-order valence-corrected chi connectivity index (χ4v) is 6.69. The number of aliphatic hydroxyl groups is 3. The summed E-state index contributed by atoms with van der Waals surface area (Å²) in [5.74, 6) is -5.34. The van der Waals surface area contributed by atoms with E-state index in [-0.39, 0.29) is 36.2 Å². The van der Waals surface area contributed by atoms with Gasteiger partial charge in [0.1, 0.15) is 45.9 Å². The van der Waals surface area contributed by atoms with Crippen molar-refractivity contribution in [2.45, 2.75) is 37.3 Å². The van der Waals surface area contributed by atoms with Gasteiger partial charge in [-0.25, -0.2) is 0 Å². The number of ketones is 2. The molecule has 0 radical (unpaired) electrons. The van der Waals surface area contributed by atoms with Crippen molar-refractivity contribution in [3.05, 3.63) is 57.3 Å². The van der Waals surface area contributed by atoms with Gasteiger partial charge >= 0.3 is 0 Å². The summed E-state index contributed by atoms with van der Waals surface area (Å²) in [7, 11) is 3.25. The first-order chi connectivity index (χ1) is 16.5. The number of allylic oxidation sites excluding steroid dienone is 6. The number of nitrogens with two attached hydrogens (primary N) is 1. The van der Waals surface area contributed by atoms with E-state index in [4.69, 9.17) is 14.1 Å². The molecule has 10 nitrogen and oxygen atoms in total. The number of hydrogen-bond acceptors (Lipinski definition) is 9. The normalized spacial score (nSPS) is 31.1. The number of carbonyl (C=O) groups excluding carboxylic acids is 3. The fraction of sp³-hybridized carbons (Fsp3) is 0.417. The summed E-state index contributed by atoms with van der Waals surface area (Å²) in [4.78, 5) is 39.8. The highest BCUT2D eigenvalue weighted by Crippen LogP contribution is 2.57. The van der Waals surface area contributed by atoms with E-state index in [0.29, 0.717) is 12.0 Å². The highest BCUT2D eigenvalue weighted by atomic mass is 127. The van der Waals surface area contributed by atoms with E-state index in [9.17, 15) is 29.7 Å². The summed E-state index contributed by atoms with van der Waals surface area (Å²) < 4.78 is 5.64. The van der Waals surface area contributed by atoms with Crippen LogP contribution in [-0.2, 0) is 17.4 Å². The van der Waals surface area contributed by atoms with Crippen molar-refractivity contribution in [1.29, 1.82) is 5.26 Å². The standard InChI is InChI=1S/C24H24IN3O7/c1-28(2)18-13-9-11-8-12-10(4-3-7-26)5-6-14(29)16(12)19(30)15(11)21(32)24(13,35-25)22(33)17(20(18)31)23(27)34/h3-4,11,13,18,30,32-33H,5-6,8-9H2,1-2H3,(H2,27,34)/b4-3+/t11-,13?,18?,24?/m0/s1. The van der Waals surface area contributed by atoms with Gasteiger partial charge in [-0.3, -0.25) is 22.3 Å². The number of amides is 1. The van der Waals surface area contributed by atoms with Crippen LogP contribution in [0.5, 0.6) is 0 Å². The Morgan fingerprint density at radius 1 is 1.26 bits per heavy atom. The van der Waals surface area contributed by atoms with E-state index in [0.717, 1.165) is 5.57 Å². The molecule has 0 bridgehead atoms. The maximum atomic E-state index is 13.2. The number of fused-ring (bicyclic) bond motifs is 3. The van der Waals surface area contributed by atoms with Gasteiger partial charge in [0.15, 0.2) is 17.2 Å². The Kier molecular flexibility index (Phi) is 6.41. The van der Waals surface area contributed by atoms with Crippen molar-refractivity contribution in [3.63, 3.8) is 0 Å². The fourth-order valence-electron chi connectivity index (χ4n) is 5.95. The molecule has 0 aromatic carbocycles. The molecule has 4 aliphatic rings. The van der Waals surface area contributed by atoms with Crippen LogP contribution in [0.25, 0.3) is 0 Å². The molecular formula is C24H24IN3O7. The maximum absolute atomic E-state index is 13.2. The number of aliphatic hydroxyl groups excluding tert-OH is 3. The number of primary amides is 1. The number of likely N-dealkylation sites (N-methyl/N-ethyl adjacent to an activating group) is 1. The minimum Gasteiger partial charge on any atom is -0.508 e. The zero-order valence-electron chi connectivity index (χ0n) is 19.0. The van der Waals surface area contributed by atoms with Crippen LogP contribution in [0.1, 0.15) is 25.7 Å². The number of rotatable bonds is 4. The summed E-state index contributed by atoms with van der Waals surface area (Å²) in [6.07, 6.45) is 3.90. The summed E-state index contributed by atoms with van der Waals surface area (Å²) in [5.41, 5.74) is 4.14. The first kappa shape index (κ1) is 25.2. The van der Waals surface area contributed by atoms with E-state index in [1.54, 1.807) is 25.1 Å². The zero-order valence-corrected chi connectivity index (χ0v) is 21.2. The van der Waals surface area contributed by atoms with Crippen LogP contribution >= 0.6 is 23.0 Å². The van der Waals surface area contributed by atoms with Crippen molar-refractivity contribution >= 4 is 40.5 Å². The summed E-state index contributed by atoms with van der Waals surface area (Å²) in [6, 6.07) is 0.956. The molecule has 0 aromatic heterocycles. The van der Waals surface area contributed by atoms with Gasteiger partial charge in [0.05, 0.1) is 17.7 Å². The predicted octanol–water partition coefficient (Wildman–Crippen LogP) is 2.31. The topological polar surface area (TPSA) is 174 Å². The van der Waals surface area contributed by atoms with Crippen molar-refractivity contribution in [2.75, 3.05) is 14.1 Å². The quantitative estimate of drug-likeness (QED) is 0.217. The van der Waals surface area contributed by atoms with Gasteiger partial charge in [-0.15, -0.1) is 0 Å². The van der Waals surface area contributed by atoms with Crippen molar-refractivity contribution in [2.24, 2.45) is 17.6 Å². The second-order valence-corrected chi connectivity index (χ2v) is 9.73. The Morgan fingerprint density at radius 2 is 1.94 bits per heavy atom. The van der Waals surface area contributed by atoms with Crippen LogP contribution in [0.3, 0.4) is 0 Å². The van der Waals surface area contributed by atoms with Gasteiger partial charge in [-0.05, 0) is 56.5 Å². The third-order valence-electron chi connectivity index (χ3n) is 7.38. The Morgan fingerprint density at radius 3 is 2.51 bits per heavy atom. The maximum Gasteiger partial charge on any atom is 0.255 e. The van der Waals surface area contributed by atoms with Gasteiger partial charge in [-0.2, -0.15) is 5.26 Å². The summed E-state index contributed by atoms with van der Waals surface area (Å²) in [6.45, 7) is 0. The van der Waals surface area contributed by atoms with E-state index in [1.165, 1.54) is 29.1 Å². The minimum atomic E-state index is -2.03. The molecule has 4 rings (SSSR count). The molecule has 0 fully saturated rings. The van der Waals surface area contributed by atoms with Gasteiger partial charge in [0, 0.05) is 24.0 Å². The van der Waals surface area contributed by atoms with E-state index >= 15 is 0 Å². The van der Waals surface area contributed by atoms with Gasteiger partial charge < -0.3 is 21.1 Å². The van der Waals surface area contributed by atoms with Crippen LogP contribution in [-0.4, -0.2) is 63.4 Å². The molecule has 35 heavy (non-hydrogen) atoms. The van der Waals surface area contributed by atoms with Crippen LogP contribution in [0.2, 0.25) is 0 Å². The SMILES string of the molecule is CN(C)C1C(=O)C(C(N)=O)=C(O)C2(OI)C(O)=C3C(O)=C4C(=O)CCC(/C=C/C#N)=C4C[C@H]3CC12. The number of hydrogen-bond donors (Lipinski definition) is 4. The lowest BCUT2D eigenvalue weighted by Gasteiger charge is -2.51. The molecule has 1 amide bonds. The smallest absolute Gasteiger partial charge is 0.255 e. The lowest BCUT2D eigenvalue weighted by molar-refractivity contribution is -0.132. The third kappa shape index (κ3) is 3.46. The summed E-state index contributed by atoms with van der Waals surface area (Å²) >= 11 is 1.48. The number of nitriles is 1. The molecule has 0 spiro atoms. The van der Waals surface area contributed by atoms with Crippen LogP contribution < -0.4 is 5.73 Å². The average Bonchev–Trinajstić information content (AvgIpc) is 2.78. The van der Waals surface area contributed by atoms with Crippen molar-refractivity contribution in [1.82, 2.24) is 4.90 Å². The minimum absolute atomic E-state index is 0.0257. The average molecular weight is 593 g/mol. The monoisotopic (exact) mass is 593 g/mol. The first-order valence-electron chi connectivity index (χ1n) is 11.0. The second kappa shape index (κ2) is 8.92. The second-order valence-electron chi connectivity index (χ2n) is 9.29. The van der Waals surface area contributed by atoms with Crippen LogP contribution in [0.4, 0.5) is 0 Å². The van der Waals surface area contributed by atoms with E-state index in [1.807, 2.05) is 6.07 Å². The molecule has 4 atom stereocenters. The third-order valence-corrected chi connectivity index (χ3v) is 8.07. The Bertz CT molecular complexity index is 1250. The molecule has 0 saturated heterocycles. The van der Waals surface area contributed by atoms with Gasteiger partial charge in [0.2, 0.25) is 0 Å². The van der Waals surface area contributed by atoms with Crippen molar-refractivity contribution in [3.8, 4) is 6.07 Å². The molecule has 184 valence electrons. The lowest BCUT2D eigenvalue weighted by atomic mass is 9.58.